The van der Waals surface area contributed by atoms with Crippen molar-refractivity contribution in [1.29, 1.82) is 0 Å². The lowest BCUT2D eigenvalue weighted by Crippen LogP contribution is -1.93. The third-order valence-electron chi connectivity index (χ3n) is 3.25. The molecule has 0 fully saturated rings. The van der Waals surface area contributed by atoms with Gasteiger partial charge in [-0.25, -0.2) is 0 Å². The van der Waals surface area contributed by atoms with Crippen LogP contribution in [0.4, 0.5) is 0 Å². The van der Waals surface area contributed by atoms with Gasteiger partial charge in [0.05, 0.1) is 0 Å². The van der Waals surface area contributed by atoms with Crippen LogP contribution >= 0.6 is 34.4 Å². The molecule has 0 spiro atoms. The van der Waals surface area contributed by atoms with E-state index in [2.05, 4.69) is 101 Å². The Morgan fingerprint density at radius 3 is 2.10 bits per heavy atom. The van der Waals surface area contributed by atoms with E-state index >= 15 is 0 Å². The molecule has 2 heteroatoms. The third kappa shape index (κ3) is 3.89. The lowest BCUT2D eigenvalue weighted by Gasteiger charge is -2.10. The van der Waals surface area contributed by atoms with Crippen LogP contribution in [-0.4, -0.2) is 0 Å². The summed E-state index contributed by atoms with van der Waals surface area (Å²) in [5.74, 6) is 0. The van der Waals surface area contributed by atoms with Crippen LogP contribution in [0, 0.1) is 3.57 Å². The van der Waals surface area contributed by atoms with Gasteiger partial charge in [0.2, 0.25) is 0 Å². The summed E-state index contributed by atoms with van der Waals surface area (Å²) in [7, 11) is 0. The van der Waals surface area contributed by atoms with Gasteiger partial charge in [-0.1, -0.05) is 72.4 Å². The Kier molecular flexibility index (Phi) is 4.99. The molecule has 0 radical (unpaired) electrons. The first kappa shape index (κ1) is 14.7. The SMILES string of the molecule is Ic1c(Cc2ccccc2)cccc1Sc1ccccc1. The fourth-order valence-electron chi connectivity index (χ4n) is 2.20. The van der Waals surface area contributed by atoms with Crippen molar-refractivity contribution in [3.63, 3.8) is 0 Å². The predicted molar refractivity (Wildman–Crippen MR) is 99.0 cm³/mol. The molecule has 0 aliphatic carbocycles. The monoisotopic (exact) mass is 402 g/mol. The fraction of sp³-hybridized carbons (Fsp3) is 0.0526. The predicted octanol–water partition coefficient (Wildman–Crippen LogP) is 6.03. The summed E-state index contributed by atoms with van der Waals surface area (Å²) in [5.41, 5.74) is 2.75. The average molecular weight is 402 g/mol. The van der Waals surface area contributed by atoms with E-state index in [-0.39, 0.29) is 0 Å². The highest BCUT2D eigenvalue weighted by atomic mass is 127. The van der Waals surface area contributed by atoms with Crippen molar-refractivity contribution in [2.24, 2.45) is 0 Å². The largest absolute Gasteiger partial charge is 0.0890 e. The van der Waals surface area contributed by atoms with Gasteiger partial charge in [-0.05, 0) is 58.3 Å². The Morgan fingerprint density at radius 1 is 0.714 bits per heavy atom. The maximum atomic E-state index is 2.47. The molecule has 0 aromatic heterocycles. The minimum Gasteiger partial charge on any atom is -0.0890 e. The van der Waals surface area contributed by atoms with Crippen LogP contribution in [0.25, 0.3) is 0 Å². The smallest absolute Gasteiger partial charge is 0.0305 e. The third-order valence-corrected chi connectivity index (χ3v) is 5.96. The van der Waals surface area contributed by atoms with Gasteiger partial charge in [0.15, 0.2) is 0 Å². The average Bonchev–Trinajstić information content (AvgIpc) is 2.53. The van der Waals surface area contributed by atoms with E-state index in [0.717, 1.165) is 6.42 Å². The molecule has 0 aliphatic heterocycles. The first-order valence-electron chi connectivity index (χ1n) is 6.87. The van der Waals surface area contributed by atoms with Crippen LogP contribution in [0.1, 0.15) is 11.1 Å². The van der Waals surface area contributed by atoms with Crippen LogP contribution in [-0.2, 0) is 6.42 Å². The zero-order valence-corrected chi connectivity index (χ0v) is 14.5. The van der Waals surface area contributed by atoms with Gasteiger partial charge in [-0.15, -0.1) is 0 Å². The summed E-state index contributed by atoms with van der Waals surface area (Å²) in [5, 5.41) is 0. The summed E-state index contributed by atoms with van der Waals surface area (Å²) in [6.07, 6.45) is 0.988. The van der Waals surface area contributed by atoms with Crippen LogP contribution < -0.4 is 0 Å². The molecule has 0 bridgehead atoms. The molecule has 0 N–H and O–H groups in total. The van der Waals surface area contributed by atoms with Crippen LogP contribution in [0.2, 0.25) is 0 Å². The van der Waals surface area contributed by atoms with Gasteiger partial charge in [0.1, 0.15) is 0 Å². The lowest BCUT2D eigenvalue weighted by molar-refractivity contribution is 1.15. The Morgan fingerprint density at radius 2 is 1.38 bits per heavy atom. The molecular formula is C19H15IS. The van der Waals surface area contributed by atoms with Crippen molar-refractivity contribution in [2.45, 2.75) is 16.2 Å². The van der Waals surface area contributed by atoms with Crippen molar-refractivity contribution in [3.05, 3.63) is 93.6 Å². The summed E-state index contributed by atoms with van der Waals surface area (Å²) < 4.78 is 1.35. The molecule has 21 heavy (non-hydrogen) atoms. The van der Waals surface area contributed by atoms with Crippen LogP contribution in [0.3, 0.4) is 0 Å². The van der Waals surface area contributed by atoms with E-state index in [1.54, 1.807) is 0 Å². The van der Waals surface area contributed by atoms with Gasteiger partial charge < -0.3 is 0 Å². The summed E-state index contributed by atoms with van der Waals surface area (Å²) in [6, 6.07) is 27.8. The highest BCUT2D eigenvalue weighted by Crippen LogP contribution is 2.33. The van der Waals surface area contributed by atoms with Gasteiger partial charge in [-0.2, -0.15) is 0 Å². The van der Waals surface area contributed by atoms with E-state index in [0.29, 0.717) is 0 Å². The number of hydrogen-bond acceptors (Lipinski definition) is 1. The Hall–Kier alpha value is -1.26. The highest BCUT2D eigenvalue weighted by Gasteiger charge is 2.07. The Bertz CT molecular complexity index is 648. The molecule has 0 saturated heterocycles. The summed E-state index contributed by atoms with van der Waals surface area (Å²) >= 11 is 4.31. The second kappa shape index (κ2) is 7.14. The lowest BCUT2D eigenvalue weighted by atomic mass is 10.1. The van der Waals surface area contributed by atoms with E-state index in [9.17, 15) is 0 Å². The molecule has 0 aliphatic rings. The van der Waals surface area contributed by atoms with Crippen molar-refractivity contribution in [3.8, 4) is 0 Å². The maximum Gasteiger partial charge on any atom is 0.0305 e. The van der Waals surface area contributed by atoms with E-state index in [1.807, 2.05) is 11.8 Å². The molecule has 0 atom stereocenters. The minimum absolute atomic E-state index is 0.988. The van der Waals surface area contributed by atoms with Crippen LogP contribution in [0.5, 0.6) is 0 Å². The van der Waals surface area contributed by atoms with Crippen molar-refractivity contribution in [2.75, 3.05) is 0 Å². The summed E-state index contributed by atoms with van der Waals surface area (Å²) in [6.45, 7) is 0. The Balaban J connectivity index is 1.85. The van der Waals surface area contributed by atoms with E-state index in [4.69, 9.17) is 0 Å². The molecule has 3 aromatic rings. The van der Waals surface area contributed by atoms with Gasteiger partial charge >= 0.3 is 0 Å². The van der Waals surface area contributed by atoms with Gasteiger partial charge in [0, 0.05) is 13.4 Å². The van der Waals surface area contributed by atoms with Crippen molar-refractivity contribution < 1.29 is 0 Å². The molecule has 0 amide bonds. The molecule has 3 aromatic carbocycles. The number of benzene rings is 3. The van der Waals surface area contributed by atoms with Gasteiger partial charge in [-0.3, -0.25) is 0 Å². The molecule has 0 saturated carbocycles. The minimum atomic E-state index is 0.988. The molecule has 0 nitrogen and oxygen atoms in total. The quantitative estimate of drug-likeness (QED) is 0.480. The molecule has 0 heterocycles. The number of rotatable bonds is 4. The van der Waals surface area contributed by atoms with E-state index < -0.39 is 0 Å². The summed E-state index contributed by atoms with van der Waals surface area (Å²) in [4.78, 5) is 2.61. The second-order valence-corrected chi connectivity index (χ2v) is 7.00. The molecular weight excluding hydrogens is 387 g/mol. The molecule has 104 valence electrons. The highest BCUT2D eigenvalue weighted by molar-refractivity contribution is 14.1. The molecule has 0 unspecified atom stereocenters. The zero-order valence-electron chi connectivity index (χ0n) is 11.5. The fourth-order valence-corrected chi connectivity index (χ4v) is 4.00. The van der Waals surface area contributed by atoms with Gasteiger partial charge in [0.25, 0.3) is 0 Å². The Labute approximate surface area is 143 Å². The first-order chi connectivity index (χ1) is 10.3. The first-order valence-corrected chi connectivity index (χ1v) is 8.76. The second-order valence-electron chi connectivity index (χ2n) is 4.81. The van der Waals surface area contributed by atoms with Crippen molar-refractivity contribution in [1.82, 2.24) is 0 Å². The van der Waals surface area contributed by atoms with E-state index in [1.165, 1.54) is 24.5 Å². The number of halogens is 1. The maximum absolute atomic E-state index is 2.47. The standard InChI is InChI=1S/C19H15IS/c20-19-16(14-15-8-3-1-4-9-15)10-7-13-18(19)21-17-11-5-2-6-12-17/h1-13H,14H2. The topological polar surface area (TPSA) is 0 Å². The normalized spacial score (nSPS) is 10.5. The number of hydrogen-bond donors (Lipinski definition) is 0. The molecule has 3 rings (SSSR count). The van der Waals surface area contributed by atoms with Crippen molar-refractivity contribution >= 4 is 34.4 Å². The van der Waals surface area contributed by atoms with Crippen LogP contribution in [0.15, 0.2) is 88.7 Å². The zero-order chi connectivity index (χ0) is 14.5.